The second kappa shape index (κ2) is 7.05. The van der Waals surface area contributed by atoms with Crippen LogP contribution in [0.15, 0.2) is 42.5 Å². The second-order valence-corrected chi connectivity index (χ2v) is 6.81. The van der Waals surface area contributed by atoms with E-state index in [1.165, 1.54) is 18.2 Å². The number of benzene rings is 2. The highest BCUT2D eigenvalue weighted by Crippen LogP contribution is 2.37. The smallest absolute Gasteiger partial charge is 0.321 e. The molecule has 0 saturated heterocycles. The maximum atomic E-state index is 12.8. The number of para-hydroxylation sites is 1. The zero-order valence-electron chi connectivity index (χ0n) is 12.2. The minimum absolute atomic E-state index is 0.168. The van der Waals surface area contributed by atoms with Crippen molar-refractivity contribution in [1.82, 2.24) is 0 Å². The Morgan fingerprint density at radius 2 is 1.72 bits per heavy atom. The van der Waals surface area contributed by atoms with E-state index < -0.39 is 35.7 Å². The number of carbonyl (C=O) groups is 1. The highest BCUT2D eigenvalue weighted by atomic mass is 35.5. The van der Waals surface area contributed by atoms with Crippen LogP contribution in [0.1, 0.15) is 5.56 Å². The lowest BCUT2D eigenvalue weighted by atomic mass is 10.2. The fourth-order valence-corrected chi connectivity index (χ4v) is 2.89. The molecule has 0 atom stereocenters. The summed E-state index contributed by atoms with van der Waals surface area (Å²) >= 11 is 5.48. The quantitative estimate of drug-likeness (QED) is 0.595. The summed E-state index contributed by atoms with van der Waals surface area (Å²) in [4.78, 5) is 30.4. The number of halogens is 4. The largest absolute Gasteiger partial charge is 0.417 e. The highest BCUT2D eigenvalue weighted by molar-refractivity contribution is 7.60. The molecule has 0 aliphatic heterocycles. The van der Waals surface area contributed by atoms with E-state index in [-0.39, 0.29) is 11.4 Å². The third-order valence-corrected chi connectivity index (χ3v) is 4.34. The Balaban J connectivity index is 2.21. The van der Waals surface area contributed by atoms with Crippen LogP contribution < -0.4 is 15.9 Å². The fourth-order valence-electron chi connectivity index (χ4n) is 1.94. The molecule has 0 saturated carbocycles. The SMILES string of the molecule is O=C(Nc1ccc(Cl)c(C(F)(F)F)c1)Nc1ccccc1P(=O)(O)O. The van der Waals surface area contributed by atoms with Crippen LogP contribution in [0.5, 0.6) is 0 Å². The molecule has 134 valence electrons. The molecule has 25 heavy (non-hydrogen) atoms. The molecule has 4 N–H and O–H groups in total. The predicted octanol–water partition coefficient (Wildman–Crippen LogP) is 3.81. The van der Waals surface area contributed by atoms with Gasteiger partial charge in [0.05, 0.1) is 21.6 Å². The Kier molecular flexibility index (Phi) is 5.43. The van der Waals surface area contributed by atoms with E-state index in [0.717, 1.165) is 18.2 Å². The number of carbonyl (C=O) groups excluding carboxylic acids is 1. The summed E-state index contributed by atoms with van der Waals surface area (Å²) in [6.45, 7) is 0. The molecular formula is C14H11ClF3N2O4P. The number of alkyl halides is 3. The maximum absolute atomic E-state index is 12.8. The zero-order chi connectivity index (χ0) is 18.8. The van der Waals surface area contributed by atoms with Gasteiger partial charge in [0.25, 0.3) is 0 Å². The molecule has 0 bridgehead atoms. The van der Waals surface area contributed by atoms with E-state index in [2.05, 4.69) is 10.6 Å². The van der Waals surface area contributed by atoms with Gasteiger partial charge in [-0.3, -0.25) is 4.57 Å². The number of urea groups is 1. The third-order valence-electron chi connectivity index (χ3n) is 3.00. The second-order valence-electron chi connectivity index (χ2n) is 4.83. The molecule has 11 heteroatoms. The number of rotatable bonds is 3. The van der Waals surface area contributed by atoms with Crippen LogP contribution >= 0.6 is 19.2 Å². The van der Waals surface area contributed by atoms with E-state index in [4.69, 9.17) is 11.6 Å². The monoisotopic (exact) mass is 394 g/mol. The lowest BCUT2D eigenvalue weighted by molar-refractivity contribution is -0.137. The molecule has 0 aliphatic carbocycles. The van der Waals surface area contributed by atoms with Gasteiger partial charge < -0.3 is 20.4 Å². The number of hydrogen-bond acceptors (Lipinski definition) is 2. The Hall–Kier alpha value is -2.06. The molecule has 2 aromatic carbocycles. The van der Waals surface area contributed by atoms with Crippen LogP contribution in [0.3, 0.4) is 0 Å². The van der Waals surface area contributed by atoms with Crippen LogP contribution in [-0.2, 0) is 10.7 Å². The average molecular weight is 395 g/mol. The van der Waals surface area contributed by atoms with E-state index in [1.54, 1.807) is 0 Å². The van der Waals surface area contributed by atoms with Crippen molar-refractivity contribution in [1.29, 1.82) is 0 Å². The third kappa shape index (κ3) is 4.96. The molecule has 0 fully saturated rings. The average Bonchev–Trinajstić information content (AvgIpc) is 2.47. The van der Waals surface area contributed by atoms with Crippen LogP contribution in [0.2, 0.25) is 5.02 Å². The first-order valence-electron chi connectivity index (χ1n) is 6.58. The molecule has 2 aromatic rings. The molecule has 0 spiro atoms. The number of amides is 2. The van der Waals surface area contributed by atoms with Crippen molar-refractivity contribution in [3.8, 4) is 0 Å². The fraction of sp³-hybridized carbons (Fsp3) is 0.0714. The lowest BCUT2D eigenvalue weighted by Crippen LogP contribution is -2.23. The Morgan fingerprint density at radius 1 is 1.08 bits per heavy atom. The van der Waals surface area contributed by atoms with Crippen molar-refractivity contribution in [2.75, 3.05) is 10.6 Å². The molecule has 2 amide bonds. The lowest BCUT2D eigenvalue weighted by Gasteiger charge is -2.14. The number of anilines is 2. The first-order valence-corrected chi connectivity index (χ1v) is 8.57. The number of nitrogens with one attached hydrogen (secondary N) is 2. The van der Waals surface area contributed by atoms with Gasteiger partial charge in [-0.05, 0) is 30.3 Å². The van der Waals surface area contributed by atoms with Crippen molar-refractivity contribution in [3.05, 3.63) is 53.1 Å². The molecular weight excluding hydrogens is 384 g/mol. The summed E-state index contributed by atoms with van der Waals surface area (Å²) in [6, 6.07) is 6.98. The minimum Gasteiger partial charge on any atom is -0.321 e. The maximum Gasteiger partial charge on any atom is 0.417 e. The zero-order valence-corrected chi connectivity index (χ0v) is 13.9. The van der Waals surface area contributed by atoms with Gasteiger partial charge in [-0.2, -0.15) is 13.2 Å². The van der Waals surface area contributed by atoms with Gasteiger partial charge in [0.2, 0.25) is 0 Å². The molecule has 0 aromatic heterocycles. The molecule has 0 unspecified atom stereocenters. The van der Waals surface area contributed by atoms with Gasteiger partial charge in [0.1, 0.15) is 0 Å². The summed E-state index contributed by atoms with van der Waals surface area (Å²) in [5, 5.41) is 3.39. The first kappa shape index (κ1) is 19.3. The summed E-state index contributed by atoms with van der Waals surface area (Å²) in [6.07, 6.45) is -4.70. The van der Waals surface area contributed by atoms with Crippen molar-refractivity contribution in [2.45, 2.75) is 6.18 Å². The topological polar surface area (TPSA) is 98.7 Å². The van der Waals surface area contributed by atoms with Crippen molar-refractivity contribution < 1.29 is 32.3 Å². The summed E-state index contributed by atoms with van der Waals surface area (Å²) in [5.74, 6) is 0. The van der Waals surface area contributed by atoms with E-state index in [0.29, 0.717) is 6.07 Å². The summed E-state index contributed by atoms with van der Waals surface area (Å²) < 4.78 is 49.8. The van der Waals surface area contributed by atoms with Crippen LogP contribution in [0, 0.1) is 0 Å². The summed E-state index contributed by atoms with van der Waals surface area (Å²) in [7, 11) is -4.64. The molecule has 0 aliphatic rings. The van der Waals surface area contributed by atoms with Gasteiger partial charge in [0.15, 0.2) is 0 Å². The standard InChI is InChI=1S/C14H11ClF3N2O4P/c15-10-6-5-8(7-9(10)14(16,17)18)19-13(21)20-11-3-1-2-4-12(11)25(22,23)24/h1-7H,(H2,19,20,21)(H2,22,23,24). The predicted molar refractivity (Wildman–Crippen MR) is 87.2 cm³/mol. The number of hydrogen-bond donors (Lipinski definition) is 4. The van der Waals surface area contributed by atoms with E-state index in [1.807, 2.05) is 0 Å². The molecule has 6 nitrogen and oxygen atoms in total. The highest BCUT2D eigenvalue weighted by Gasteiger charge is 2.33. The van der Waals surface area contributed by atoms with E-state index in [9.17, 15) is 32.3 Å². The first-order chi connectivity index (χ1) is 11.5. The molecule has 0 radical (unpaired) electrons. The molecule has 0 heterocycles. The normalized spacial score (nSPS) is 11.9. The van der Waals surface area contributed by atoms with Crippen molar-refractivity contribution in [3.63, 3.8) is 0 Å². The minimum atomic E-state index is -4.70. The summed E-state index contributed by atoms with van der Waals surface area (Å²) in [5.41, 5.74) is -1.48. The van der Waals surface area contributed by atoms with Gasteiger partial charge in [0, 0.05) is 5.69 Å². The Bertz CT molecular complexity index is 854. The van der Waals surface area contributed by atoms with Gasteiger partial charge in [-0.15, -0.1) is 0 Å². The Morgan fingerprint density at radius 3 is 2.32 bits per heavy atom. The van der Waals surface area contributed by atoms with Crippen LogP contribution in [0.25, 0.3) is 0 Å². The molecule has 2 rings (SSSR count). The Labute approximate surface area is 144 Å². The van der Waals surface area contributed by atoms with Crippen molar-refractivity contribution in [2.24, 2.45) is 0 Å². The van der Waals surface area contributed by atoms with Crippen molar-refractivity contribution >= 4 is 41.9 Å². The van der Waals surface area contributed by atoms with Crippen LogP contribution in [0.4, 0.5) is 29.3 Å². The van der Waals surface area contributed by atoms with Crippen LogP contribution in [-0.4, -0.2) is 15.8 Å². The van der Waals surface area contributed by atoms with Gasteiger partial charge >= 0.3 is 19.8 Å². The van der Waals surface area contributed by atoms with E-state index >= 15 is 0 Å². The van der Waals surface area contributed by atoms with Gasteiger partial charge in [-0.25, -0.2) is 4.79 Å². The van der Waals surface area contributed by atoms with Gasteiger partial charge in [-0.1, -0.05) is 23.7 Å².